The number of aryl methyl sites for hydroxylation is 1. The van der Waals surface area contributed by atoms with Gasteiger partial charge in [-0.05, 0) is 32.0 Å². The maximum atomic E-state index is 10.5. The molecule has 0 unspecified atom stereocenters. The maximum Gasteiger partial charge on any atom is 0.287 e. The first-order chi connectivity index (χ1) is 8.15. The van der Waals surface area contributed by atoms with Crippen LogP contribution < -0.4 is 10.6 Å². The van der Waals surface area contributed by atoms with Crippen molar-refractivity contribution < 1.29 is 4.92 Å². The van der Waals surface area contributed by atoms with Crippen LogP contribution in [0.3, 0.4) is 0 Å². The lowest BCUT2D eigenvalue weighted by atomic mass is 10.2. The number of aromatic nitrogens is 1. The van der Waals surface area contributed by atoms with Gasteiger partial charge in [0.2, 0.25) is 0 Å². The van der Waals surface area contributed by atoms with Gasteiger partial charge in [0.1, 0.15) is 12.0 Å². The van der Waals surface area contributed by atoms with Gasteiger partial charge in [-0.2, -0.15) is 0 Å². The van der Waals surface area contributed by atoms with Crippen LogP contribution in [0.15, 0.2) is 12.3 Å². The Hall–Kier alpha value is -1.69. The predicted molar refractivity (Wildman–Crippen MR) is 67.3 cm³/mol. The minimum Gasteiger partial charge on any atom is -0.370 e. The Kier molecular flexibility index (Phi) is 5.35. The molecule has 1 heterocycles. The summed E-state index contributed by atoms with van der Waals surface area (Å²) in [5, 5.41) is 16.9. The molecule has 1 aromatic heterocycles. The lowest BCUT2D eigenvalue weighted by molar-refractivity contribution is -0.385. The van der Waals surface area contributed by atoms with Crippen molar-refractivity contribution in [3.05, 3.63) is 27.9 Å². The molecule has 17 heavy (non-hydrogen) atoms. The SMILES string of the molecule is CCNCCCNc1ncc([N+](=O)[O-])cc1C. The lowest BCUT2D eigenvalue weighted by Crippen LogP contribution is -2.17. The molecule has 0 aliphatic rings. The summed E-state index contributed by atoms with van der Waals surface area (Å²) in [6.45, 7) is 6.60. The molecule has 0 aromatic carbocycles. The molecule has 6 heteroatoms. The molecule has 0 spiro atoms. The number of rotatable bonds is 7. The zero-order valence-corrected chi connectivity index (χ0v) is 10.2. The number of hydrogen-bond acceptors (Lipinski definition) is 5. The van der Waals surface area contributed by atoms with Gasteiger partial charge in [-0.3, -0.25) is 10.1 Å². The van der Waals surface area contributed by atoms with Crippen molar-refractivity contribution in [3.63, 3.8) is 0 Å². The third-order valence-corrected chi connectivity index (χ3v) is 2.35. The van der Waals surface area contributed by atoms with Crippen LogP contribution in [0.4, 0.5) is 11.5 Å². The Morgan fingerprint density at radius 3 is 2.82 bits per heavy atom. The van der Waals surface area contributed by atoms with Gasteiger partial charge >= 0.3 is 0 Å². The van der Waals surface area contributed by atoms with Crippen molar-refractivity contribution >= 4 is 11.5 Å². The molecule has 2 N–H and O–H groups in total. The quantitative estimate of drug-likeness (QED) is 0.429. The van der Waals surface area contributed by atoms with Crippen LogP contribution in [0, 0.1) is 17.0 Å². The van der Waals surface area contributed by atoms with Crippen LogP contribution in [-0.4, -0.2) is 29.5 Å². The van der Waals surface area contributed by atoms with E-state index < -0.39 is 4.92 Å². The second kappa shape index (κ2) is 6.80. The second-order valence-electron chi connectivity index (χ2n) is 3.75. The highest BCUT2D eigenvalue weighted by Crippen LogP contribution is 2.17. The van der Waals surface area contributed by atoms with E-state index in [4.69, 9.17) is 0 Å². The van der Waals surface area contributed by atoms with E-state index in [2.05, 4.69) is 22.5 Å². The van der Waals surface area contributed by atoms with Crippen LogP contribution in [0.5, 0.6) is 0 Å². The summed E-state index contributed by atoms with van der Waals surface area (Å²) in [4.78, 5) is 14.1. The van der Waals surface area contributed by atoms with Gasteiger partial charge in [0, 0.05) is 12.6 Å². The van der Waals surface area contributed by atoms with Gasteiger partial charge in [0.25, 0.3) is 5.69 Å². The summed E-state index contributed by atoms with van der Waals surface area (Å²) < 4.78 is 0. The smallest absolute Gasteiger partial charge is 0.287 e. The van der Waals surface area contributed by atoms with E-state index >= 15 is 0 Å². The minimum atomic E-state index is -0.436. The first-order valence-electron chi connectivity index (χ1n) is 5.70. The Bertz CT molecular complexity index is 382. The fourth-order valence-electron chi connectivity index (χ4n) is 1.44. The molecular formula is C11H18N4O2. The monoisotopic (exact) mass is 238 g/mol. The summed E-state index contributed by atoms with van der Waals surface area (Å²) >= 11 is 0. The highest BCUT2D eigenvalue weighted by atomic mass is 16.6. The van der Waals surface area contributed by atoms with E-state index in [-0.39, 0.29) is 5.69 Å². The van der Waals surface area contributed by atoms with Crippen molar-refractivity contribution in [2.24, 2.45) is 0 Å². The van der Waals surface area contributed by atoms with Gasteiger partial charge in [0.15, 0.2) is 0 Å². The van der Waals surface area contributed by atoms with E-state index in [9.17, 15) is 10.1 Å². The topological polar surface area (TPSA) is 80.1 Å². The van der Waals surface area contributed by atoms with Crippen LogP contribution >= 0.6 is 0 Å². The third kappa shape index (κ3) is 4.36. The second-order valence-corrected chi connectivity index (χ2v) is 3.75. The fraction of sp³-hybridized carbons (Fsp3) is 0.545. The van der Waals surface area contributed by atoms with Crippen molar-refractivity contribution in [2.75, 3.05) is 25.0 Å². The van der Waals surface area contributed by atoms with Gasteiger partial charge in [0.05, 0.1) is 4.92 Å². The summed E-state index contributed by atoms with van der Waals surface area (Å²) in [7, 11) is 0. The average molecular weight is 238 g/mol. The molecule has 0 aliphatic heterocycles. The van der Waals surface area contributed by atoms with E-state index in [1.165, 1.54) is 12.3 Å². The summed E-state index contributed by atoms with van der Waals surface area (Å²) in [6.07, 6.45) is 2.27. The van der Waals surface area contributed by atoms with Crippen molar-refractivity contribution in [1.82, 2.24) is 10.3 Å². The number of nitrogens with one attached hydrogen (secondary N) is 2. The number of nitrogens with zero attached hydrogens (tertiary/aromatic N) is 2. The number of pyridine rings is 1. The molecule has 94 valence electrons. The molecule has 0 atom stereocenters. The molecule has 0 radical (unpaired) electrons. The molecule has 0 aliphatic carbocycles. The van der Waals surface area contributed by atoms with Gasteiger partial charge < -0.3 is 10.6 Å². The van der Waals surface area contributed by atoms with Crippen molar-refractivity contribution in [3.8, 4) is 0 Å². The highest BCUT2D eigenvalue weighted by Gasteiger charge is 2.08. The zero-order valence-electron chi connectivity index (χ0n) is 10.2. The standard InChI is InChI=1S/C11H18N4O2/c1-3-12-5-4-6-13-11-9(2)7-10(8-14-11)15(16)17/h7-8,12H,3-6H2,1-2H3,(H,13,14). The van der Waals surface area contributed by atoms with Gasteiger partial charge in [-0.25, -0.2) is 4.98 Å². The fourth-order valence-corrected chi connectivity index (χ4v) is 1.44. The maximum absolute atomic E-state index is 10.5. The molecule has 0 amide bonds. The van der Waals surface area contributed by atoms with Gasteiger partial charge in [-0.15, -0.1) is 0 Å². The van der Waals surface area contributed by atoms with E-state index in [0.717, 1.165) is 31.6 Å². The molecule has 6 nitrogen and oxygen atoms in total. The van der Waals surface area contributed by atoms with Crippen molar-refractivity contribution in [1.29, 1.82) is 0 Å². The first-order valence-corrected chi connectivity index (χ1v) is 5.70. The zero-order chi connectivity index (χ0) is 12.7. The van der Waals surface area contributed by atoms with Crippen LogP contribution in [0.1, 0.15) is 18.9 Å². The Labute approximate surface area is 101 Å². The number of nitro groups is 1. The van der Waals surface area contributed by atoms with Crippen LogP contribution in [0.2, 0.25) is 0 Å². The molecule has 0 saturated carbocycles. The number of anilines is 1. The van der Waals surface area contributed by atoms with E-state index in [1.807, 2.05) is 6.92 Å². The predicted octanol–water partition coefficient (Wildman–Crippen LogP) is 1.71. The molecule has 1 aromatic rings. The normalized spacial score (nSPS) is 10.2. The molecule has 0 bridgehead atoms. The molecule has 1 rings (SSSR count). The average Bonchev–Trinajstić information content (AvgIpc) is 2.30. The largest absolute Gasteiger partial charge is 0.370 e. The van der Waals surface area contributed by atoms with Crippen LogP contribution in [-0.2, 0) is 0 Å². The summed E-state index contributed by atoms with van der Waals surface area (Å²) in [5.74, 6) is 0.715. The number of hydrogen-bond donors (Lipinski definition) is 2. The Morgan fingerprint density at radius 2 is 2.24 bits per heavy atom. The van der Waals surface area contributed by atoms with Gasteiger partial charge in [-0.1, -0.05) is 6.92 Å². The van der Waals surface area contributed by atoms with Crippen LogP contribution in [0.25, 0.3) is 0 Å². The Morgan fingerprint density at radius 1 is 1.47 bits per heavy atom. The summed E-state index contributed by atoms with van der Waals surface area (Å²) in [6, 6.07) is 1.53. The highest BCUT2D eigenvalue weighted by molar-refractivity contribution is 5.48. The first kappa shape index (κ1) is 13.4. The lowest BCUT2D eigenvalue weighted by Gasteiger charge is -2.08. The summed E-state index contributed by atoms with van der Waals surface area (Å²) in [5.41, 5.74) is 0.823. The molecule has 0 saturated heterocycles. The van der Waals surface area contributed by atoms with E-state index in [0.29, 0.717) is 5.82 Å². The molecule has 0 fully saturated rings. The van der Waals surface area contributed by atoms with Crippen molar-refractivity contribution in [2.45, 2.75) is 20.3 Å². The van der Waals surface area contributed by atoms with E-state index in [1.54, 1.807) is 0 Å². The molecular weight excluding hydrogens is 220 g/mol. The Balaban J connectivity index is 2.46. The third-order valence-electron chi connectivity index (χ3n) is 2.35. The minimum absolute atomic E-state index is 0.0284.